The van der Waals surface area contributed by atoms with Gasteiger partial charge in [-0.15, -0.1) is 22.7 Å². The number of thioether (sulfide) groups is 1. The van der Waals surface area contributed by atoms with Crippen LogP contribution in [0.5, 0.6) is 0 Å². The molecule has 0 atom stereocenters. The number of primary amides is 1. The third-order valence-corrected chi connectivity index (χ3v) is 8.28. The maximum atomic E-state index is 13.4. The molecule has 164 valence electrons. The normalized spacial score (nSPS) is 12.9. The number of anilines is 1. The van der Waals surface area contributed by atoms with Gasteiger partial charge in [0.2, 0.25) is 5.91 Å². The first-order valence-corrected chi connectivity index (χ1v) is 13.0. The molecule has 0 aromatic carbocycles. The summed E-state index contributed by atoms with van der Waals surface area (Å²) in [6, 6.07) is 1.59. The molecule has 3 heterocycles. The summed E-state index contributed by atoms with van der Waals surface area (Å²) < 4.78 is 1.74. The molecule has 2 amide bonds. The van der Waals surface area contributed by atoms with Gasteiger partial charge in [-0.1, -0.05) is 31.5 Å². The van der Waals surface area contributed by atoms with Crippen LogP contribution in [0, 0.1) is 0 Å². The smallest absolute Gasteiger partial charge is 0.263 e. The van der Waals surface area contributed by atoms with Gasteiger partial charge in [-0.25, -0.2) is 4.98 Å². The number of nitrogens with two attached hydrogens (primary N) is 1. The van der Waals surface area contributed by atoms with Crippen LogP contribution in [0.2, 0.25) is 0 Å². The number of nitrogens with one attached hydrogen (secondary N) is 1. The molecule has 0 bridgehead atoms. The molecule has 0 spiro atoms. The molecule has 0 radical (unpaired) electrons. The average molecular weight is 477 g/mol. The number of amides is 2. The predicted molar refractivity (Wildman–Crippen MR) is 128 cm³/mol. The van der Waals surface area contributed by atoms with Crippen molar-refractivity contribution in [1.82, 2.24) is 9.55 Å². The van der Waals surface area contributed by atoms with E-state index in [2.05, 4.69) is 12.2 Å². The summed E-state index contributed by atoms with van der Waals surface area (Å²) in [5.74, 6) is -0.752. The fraction of sp³-hybridized carbons (Fsp3) is 0.429. The van der Waals surface area contributed by atoms with E-state index in [0.717, 1.165) is 48.7 Å². The second-order valence-corrected chi connectivity index (χ2v) is 10.4. The second-order valence-electron chi connectivity index (χ2n) is 7.46. The number of unbranched alkanes of at least 4 members (excludes halogenated alkanes) is 2. The second kappa shape index (κ2) is 9.54. The van der Waals surface area contributed by atoms with Crippen molar-refractivity contribution in [3.05, 3.63) is 37.8 Å². The highest BCUT2D eigenvalue weighted by Crippen LogP contribution is 2.35. The number of fused-ring (bicyclic) bond motifs is 3. The molecule has 0 fully saturated rings. The van der Waals surface area contributed by atoms with Gasteiger partial charge in [0.05, 0.1) is 16.7 Å². The fourth-order valence-corrected chi connectivity index (χ4v) is 6.71. The van der Waals surface area contributed by atoms with Crippen molar-refractivity contribution in [2.24, 2.45) is 5.73 Å². The first kappa shape index (κ1) is 22.0. The Bertz CT molecular complexity index is 1190. The lowest BCUT2D eigenvalue weighted by molar-refractivity contribution is -0.113. The van der Waals surface area contributed by atoms with E-state index in [0.29, 0.717) is 22.3 Å². The highest BCUT2D eigenvalue weighted by molar-refractivity contribution is 7.99. The van der Waals surface area contributed by atoms with Crippen LogP contribution in [0.3, 0.4) is 0 Å². The molecular weight excluding hydrogens is 452 g/mol. The Morgan fingerprint density at radius 2 is 2.16 bits per heavy atom. The number of hydrogen-bond donors (Lipinski definition) is 2. The highest BCUT2D eigenvalue weighted by Gasteiger charge is 2.23. The van der Waals surface area contributed by atoms with E-state index < -0.39 is 5.91 Å². The van der Waals surface area contributed by atoms with E-state index in [1.807, 2.05) is 0 Å². The number of aromatic nitrogens is 2. The molecule has 0 aliphatic heterocycles. The zero-order valence-corrected chi connectivity index (χ0v) is 19.7. The fourth-order valence-electron chi connectivity index (χ4n) is 3.78. The van der Waals surface area contributed by atoms with Gasteiger partial charge < -0.3 is 11.1 Å². The summed E-state index contributed by atoms with van der Waals surface area (Å²) >= 11 is 4.11. The van der Waals surface area contributed by atoms with Gasteiger partial charge in [0.1, 0.15) is 9.83 Å². The molecule has 7 nitrogen and oxygen atoms in total. The SMILES string of the molecule is CCCCCn1c(SCC(=O)Nc2sccc2C(N)=O)nc2sc3c(c2c1=O)CCC3. The molecule has 1 aliphatic rings. The van der Waals surface area contributed by atoms with Crippen molar-refractivity contribution in [2.75, 3.05) is 11.1 Å². The van der Waals surface area contributed by atoms with E-state index >= 15 is 0 Å². The molecule has 4 rings (SSSR count). The summed E-state index contributed by atoms with van der Waals surface area (Å²) in [5.41, 5.74) is 6.83. The lowest BCUT2D eigenvalue weighted by Crippen LogP contribution is -2.24. The molecule has 3 N–H and O–H groups in total. The Kier molecular flexibility index (Phi) is 6.78. The van der Waals surface area contributed by atoms with Crippen LogP contribution in [0.1, 0.15) is 53.4 Å². The van der Waals surface area contributed by atoms with Crippen molar-refractivity contribution >= 4 is 61.5 Å². The van der Waals surface area contributed by atoms with E-state index in [-0.39, 0.29) is 17.2 Å². The summed E-state index contributed by atoms with van der Waals surface area (Å²) in [5, 5.41) is 6.24. The summed E-state index contributed by atoms with van der Waals surface area (Å²) in [6.07, 6.45) is 6.04. The van der Waals surface area contributed by atoms with Crippen molar-refractivity contribution in [3.63, 3.8) is 0 Å². The van der Waals surface area contributed by atoms with Crippen molar-refractivity contribution in [3.8, 4) is 0 Å². The molecule has 0 saturated heterocycles. The van der Waals surface area contributed by atoms with Gasteiger partial charge in [-0.05, 0) is 42.7 Å². The maximum Gasteiger partial charge on any atom is 0.263 e. The predicted octanol–water partition coefficient (Wildman–Crippen LogP) is 4.03. The Balaban J connectivity index is 1.57. The third-order valence-electron chi connectivity index (χ3n) is 5.29. The lowest BCUT2D eigenvalue weighted by atomic mass is 10.2. The van der Waals surface area contributed by atoms with Gasteiger partial charge in [0, 0.05) is 11.4 Å². The maximum absolute atomic E-state index is 13.4. The minimum Gasteiger partial charge on any atom is -0.366 e. The highest BCUT2D eigenvalue weighted by atomic mass is 32.2. The Morgan fingerprint density at radius 1 is 1.32 bits per heavy atom. The average Bonchev–Trinajstić information content (AvgIpc) is 3.44. The van der Waals surface area contributed by atoms with E-state index in [1.54, 1.807) is 27.4 Å². The topological polar surface area (TPSA) is 107 Å². The number of thiophene rings is 2. The van der Waals surface area contributed by atoms with Gasteiger partial charge in [0.15, 0.2) is 5.16 Å². The van der Waals surface area contributed by atoms with Crippen molar-refractivity contribution in [2.45, 2.75) is 57.1 Å². The molecule has 31 heavy (non-hydrogen) atoms. The van der Waals surface area contributed by atoms with Gasteiger partial charge in [0.25, 0.3) is 11.5 Å². The lowest BCUT2D eigenvalue weighted by Gasteiger charge is -2.12. The van der Waals surface area contributed by atoms with Gasteiger partial charge >= 0.3 is 0 Å². The Morgan fingerprint density at radius 3 is 2.94 bits per heavy atom. The number of aryl methyl sites for hydroxylation is 2. The van der Waals surface area contributed by atoms with Crippen LogP contribution in [0.25, 0.3) is 10.2 Å². The molecule has 1 aliphatic carbocycles. The molecular formula is C21H24N4O3S3. The number of rotatable bonds is 9. The molecule has 3 aromatic heterocycles. The first-order chi connectivity index (χ1) is 15.0. The van der Waals surface area contributed by atoms with Gasteiger partial charge in [-0.3, -0.25) is 19.0 Å². The van der Waals surface area contributed by atoms with Crippen LogP contribution in [0.15, 0.2) is 21.4 Å². The third kappa shape index (κ3) is 4.56. The quantitative estimate of drug-likeness (QED) is 0.275. The van der Waals surface area contributed by atoms with E-state index in [1.165, 1.54) is 33.5 Å². The first-order valence-electron chi connectivity index (χ1n) is 10.3. The number of nitrogens with zero attached hydrogens (tertiary/aromatic N) is 2. The van der Waals surface area contributed by atoms with Crippen LogP contribution in [0.4, 0.5) is 5.00 Å². The number of carbonyl (C=O) groups is 2. The Labute approximate surface area is 192 Å². The molecule has 0 unspecified atom stereocenters. The number of hydrogen-bond acceptors (Lipinski definition) is 7. The number of carbonyl (C=O) groups excluding carboxylic acids is 2. The summed E-state index contributed by atoms with van der Waals surface area (Å²) in [4.78, 5) is 44.1. The Hall–Kier alpha value is -2.17. The van der Waals surface area contributed by atoms with Crippen LogP contribution >= 0.6 is 34.4 Å². The van der Waals surface area contributed by atoms with Crippen LogP contribution in [-0.2, 0) is 24.2 Å². The minimum absolute atomic E-state index is 0.0117. The van der Waals surface area contributed by atoms with E-state index in [9.17, 15) is 14.4 Å². The monoisotopic (exact) mass is 476 g/mol. The van der Waals surface area contributed by atoms with Crippen LogP contribution in [-0.4, -0.2) is 27.1 Å². The standard InChI is InChI=1S/C21H24N4O3S3/c1-2-3-4-9-25-20(28)16-12-6-5-7-14(12)31-19(16)24-21(25)30-11-15(26)23-18-13(17(22)27)8-10-29-18/h8,10H,2-7,9,11H2,1H3,(H2,22,27)(H,23,26). The molecule has 10 heteroatoms. The van der Waals surface area contributed by atoms with Crippen LogP contribution < -0.4 is 16.6 Å². The van der Waals surface area contributed by atoms with Gasteiger partial charge in [-0.2, -0.15) is 0 Å². The molecule has 3 aromatic rings. The van der Waals surface area contributed by atoms with E-state index in [4.69, 9.17) is 10.7 Å². The summed E-state index contributed by atoms with van der Waals surface area (Å²) in [7, 11) is 0. The van der Waals surface area contributed by atoms with Crippen molar-refractivity contribution < 1.29 is 9.59 Å². The minimum atomic E-state index is -0.577. The largest absolute Gasteiger partial charge is 0.366 e. The van der Waals surface area contributed by atoms with Crippen molar-refractivity contribution in [1.29, 1.82) is 0 Å². The zero-order valence-electron chi connectivity index (χ0n) is 17.2. The molecule has 0 saturated carbocycles. The summed E-state index contributed by atoms with van der Waals surface area (Å²) in [6.45, 7) is 2.72. The zero-order chi connectivity index (χ0) is 22.0.